The van der Waals surface area contributed by atoms with Gasteiger partial charge in [-0.25, -0.2) is 0 Å². The Morgan fingerprint density at radius 1 is 0.522 bits per heavy atom. The van der Waals surface area contributed by atoms with Gasteiger partial charge < -0.3 is 40.3 Å². The van der Waals surface area contributed by atoms with Crippen LogP contribution in [0.5, 0.6) is 0 Å². The molecular formula is C58H101NO8. The number of hydrogen-bond donors (Lipinski definition) is 6. The van der Waals surface area contributed by atoms with E-state index in [4.69, 9.17) is 9.47 Å². The Labute approximate surface area is 410 Å². The van der Waals surface area contributed by atoms with Gasteiger partial charge in [0, 0.05) is 6.42 Å². The SMILES string of the molecule is CC/C=C\C/C=C\C/C=C\C/C=C\C/C=C\C/C=C\CCCCCCCCCCC(=O)NC(COC1OC(CO)C(O)C(O)C1O)C(O)/C=C/CCCCCCCCCCCCCCCCC. The third-order valence-electron chi connectivity index (χ3n) is 12.5. The van der Waals surface area contributed by atoms with Gasteiger partial charge in [0.1, 0.15) is 24.4 Å². The van der Waals surface area contributed by atoms with Crippen molar-refractivity contribution in [3.8, 4) is 0 Å². The maximum Gasteiger partial charge on any atom is 0.220 e. The van der Waals surface area contributed by atoms with Gasteiger partial charge in [-0.3, -0.25) is 4.79 Å². The molecule has 1 fully saturated rings. The van der Waals surface area contributed by atoms with E-state index in [9.17, 15) is 30.3 Å². The van der Waals surface area contributed by atoms with E-state index in [1.807, 2.05) is 6.08 Å². The molecule has 9 nitrogen and oxygen atoms in total. The second-order valence-corrected chi connectivity index (χ2v) is 18.6. The van der Waals surface area contributed by atoms with Gasteiger partial charge in [-0.1, -0.05) is 227 Å². The third-order valence-corrected chi connectivity index (χ3v) is 12.5. The number of allylic oxidation sites excluding steroid dienone is 13. The van der Waals surface area contributed by atoms with Crippen LogP contribution in [0.25, 0.3) is 0 Å². The molecule has 1 rings (SSSR count). The van der Waals surface area contributed by atoms with Crippen LogP contribution in [0.4, 0.5) is 0 Å². The molecule has 0 bridgehead atoms. The number of aliphatic hydroxyl groups is 5. The molecule has 1 amide bonds. The highest BCUT2D eigenvalue weighted by molar-refractivity contribution is 5.76. The van der Waals surface area contributed by atoms with Crippen LogP contribution in [-0.2, 0) is 14.3 Å². The summed E-state index contributed by atoms with van der Waals surface area (Å²) in [6.07, 6.45) is 59.1. The van der Waals surface area contributed by atoms with Gasteiger partial charge in [-0.05, 0) is 70.6 Å². The van der Waals surface area contributed by atoms with Crippen LogP contribution in [0.3, 0.4) is 0 Å². The lowest BCUT2D eigenvalue weighted by atomic mass is 9.99. The lowest BCUT2D eigenvalue weighted by Crippen LogP contribution is -2.60. The van der Waals surface area contributed by atoms with Crippen LogP contribution < -0.4 is 5.32 Å². The molecule has 1 saturated heterocycles. The van der Waals surface area contributed by atoms with Crippen molar-refractivity contribution in [2.24, 2.45) is 0 Å². The molecule has 0 spiro atoms. The number of aliphatic hydroxyl groups excluding tert-OH is 5. The number of ether oxygens (including phenoxy) is 2. The Bertz CT molecular complexity index is 1320. The number of rotatable bonds is 45. The lowest BCUT2D eigenvalue weighted by Gasteiger charge is -2.40. The topological polar surface area (TPSA) is 149 Å². The Hall–Kier alpha value is -2.63. The maximum absolute atomic E-state index is 13.0. The molecule has 0 aromatic heterocycles. The van der Waals surface area contributed by atoms with Gasteiger partial charge in [0.05, 0.1) is 25.4 Å². The van der Waals surface area contributed by atoms with E-state index in [1.165, 1.54) is 109 Å². The van der Waals surface area contributed by atoms with E-state index in [0.29, 0.717) is 6.42 Å². The minimum Gasteiger partial charge on any atom is -0.394 e. The normalized spacial score (nSPS) is 20.4. The van der Waals surface area contributed by atoms with Crippen molar-refractivity contribution >= 4 is 5.91 Å². The van der Waals surface area contributed by atoms with E-state index in [-0.39, 0.29) is 12.5 Å². The largest absolute Gasteiger partial charge is 0.394 e. The molecule has 0 saturated carbocycles. The molecular weight excluding hydrogens is 839 g/mol. The predicted molar refractivity (Wildman–Crippen MR) is 281 cm³/mol. The number of carbonyl (C=O) groups excluding carboxylic acids is 1. The summed E-state index contributed by atoms with van der Waals surface area (Å²) in [6.45, 7) is 3.66. The van der Waals surface area contributed by atoms with Crippen molar-refractivity contribution in [2.45, 2.75) is 262 Å². The molecule has 1 aliphatic rings. The zero-order valence-corrected chi connectivity index (χ0v) is 42.6. The molecule has 0 radical (unpaired) electrons. The van der Waals surface area contributed by atoms with Crippen molar-refractivity contribution in [3.05, 3.63) is 85.1 Å². The summed E-state index contributed by atoms with van der Waals surface area (Å²) in [5, 5.41) is 54.4. The molecule has 9 heteroatoms. The summed E-state index contributed by atoms with van der Waals surface area (Å²) in [5.41, 5.74) is 0. The van der Waals surface area contributed by atoms with Crippen molar-refractivity contribution in [2.75, 3.05) is 13.2 Å². The number of amides is 1. The van der Waals surface area contributed by atoms with Gasteiger partial charge in [-0.2, -0.15) is 0 Å². The smallest absolute Gasteiger partial charge is 0.220 e. The molecule has 1 heterocycles. The molecule has 0 aromatic rings. The quantitative estimate of drug-likeness (QED) is 0.0261. The number of carbonyl (C=O) groups is 1. The van der Waals surface area contributed by atoms with E-state index in [2.05, 4.69) is 92.1 Å². The average molecular weight is 940 g/mol. The Kier molecular flexibility index (Phi) is 43.8. The van der Waals surface area contributed by atoms with Crippen LogP contribution in [0.2, 0.25) is 0 Å². The van der Waals surface area contributed by atoms with Crippen LogP contribution in [0.1, 0.15) is 219 Å². The first-order chi connectivity index (χ1) is 32.8. The second kappa shape index (κ2) is 47.1. The van der Waals surface area contributed by atoms with Gasteiger partial charge in [-0.15, -0.1) is 0 Å². The fourth-order valence-corrected chi connectivity index (χ4v) is 8.16. The van der Waals surface area contributed by atoms with Crippen LogP contribution in [0.15, 0.2) is 85.1 Å². The van der Waals surface area contributed by atoms with Crippen molar-refractivity contribution in [1.29, 1.82) is 0 Å². The van der Waals surface area contributed by atoms with Crippen LogP contribution in [0, 0.1) is 0 Å². The van der Waals surface area contributed by atoms with Gasteiger partial charge in [0.2, 0.25) is 5.91 Å². The summed E-state index contributed by atoms with van der Waals surface area (Å²) >= 11 is 0. The van der Waals surface area contributed by atoms with E-state index < -0.39 is 49.5 Å². The first kappa shape index (κ1) is 62.4. The van der Waals surface area contributed by atoms with Crippen LogP contribution >= 0.6 is 0 Å². The van der Waals surface area contributed by atoms with Gasteiger partial charge >= 0.3 is 0 Å². The molecule has 386 valence electrons. The zero-order valence-electron chi connectivity index (χ0n) is 42.6. The predicted octanol–water partition coefficient (Wildman–Crippen LogP) is 13.1. The minimum atomic E-state index is -1.57. The molecule has 7 atom stereocenters. The van der Waals surface area contributed by atoms with Crippen LogP contribution in [-0.4, -0.2) is 87.5 Å². The summed E-state index contributed by atoms with van der Waals surface area (Å²) in [4.78, 5) is 13.0. The van der Waals surface area contributed by atoms with Crippen molar-refractivity contribution in [3.63, 3.8) is 0 Å². The fourth-order valence-electron chi connectivity index (χ4n) is 8.16. The first-order valence-electron chi connectivity index (χ1n) is 27.3. The van der Waals surface area contributed by atoms with E-state index in [0.717, 1.165) is 89.9 Å². The summed E-state index contributed by atoms with van der Waals surface area (Å²) in [7, 11) is 0. The Balaban J connectivity index is 2.27. The summed E-state index contributed by atoms with van der Waals surface area (Å²) in [6, 6.07) is -0.815. The Morgan fingerprint density at radius 3 is 1.37 bits per heavy atom. The second-order valence-electron chi connectivity index (χ2n) is 18.6. The monoisotopic (exact) mass is 940 g/mol. The molecule has 1 aliphatic heterocycles. The van der Waals surface area contributed by atoms with Gasteiger partial charge in [0.15, 0.2) is 6.29 Å². The lowest BCUT2D eigenvalue weighted by molar-refractivity contribution is -0.302. The van der Waals surface area contributed by atoms with E-state index in [1.54, 1.807) is 6.08 Å². The minimum absolute atomic E-state index is 0.188. The number of unbranched alkanes of at least 4 members (excludes halogenated alkanes) is 23. The maximum atomic E-state index is 13.0. The molecule has 0 aromatic carbocycles. The number of nitrogens with one attached hydrogen (secondary N) is 1. The van der Waals surface area contributed by atoms with E-state index >= 15 is 0 Å². The fraction of sp³-hybridized carbons (Fsp3) is 0.741. The standard InChI is InChI=1S/C58H101NO8/c1-3-5-7-9-11-13-15-17-19-21-22-23-24-25-26-27-28-29-30-32-34-36-38-40-42-44-46-48-54(62)59-51(50-66-58-57(65)56(64)55(63)53(49-60)67-58)52(61)47-45-43-41-39-37-35-33-31-20-18-16-14-12-10-8-6-4-2/h5,7,11,13,17,19,22-23,25-26,28-29,45,47,51-53,55-58,60-61,63-65H,3-4,6,8-10,12,14-16,18,20-21,24,27,30-44,46,48-50H2,1-2H3,(H,59,62)/b7-5-,13-11-,19-17-,23-22-,26-25-,29-28-,47-45+. The molecule has 67 heavy (non-hydrogen) atoms. The van der Waals surface area contributed by atoms with Crippen molar-refractivity contribution < 1.29 is 39.8 Å². The third kappa shape index (κ3) is 36.9. The highest BCUT2D eigenvalue weighted by Crippen LogP contribution is 2.23. The Morgan fingerprint density at radius 2 is 0.925 bits per heavy atom. The average Bonchev–Trinajstić information content (AvgIpc) is 3.33. The molecule has 0 aliphatic carbocycles. The molecule has 6 N–H and O–H groups in total. The highest BCUT2D eigenvalue weighted by atomic mass is 16.7. The number of hydrogen-bond acceptors (Lipinski definition) is 8. The summed E-state index contributed by atoms with van der Waals surface area (Å²) in [5.74, 6) is -0.188. The van der Waals surface area contributed by atoms with Gasteiger partial charge in [0.25, 0.3) is 0 Å². The first-order valence-corrected chi connectivity index (χ1v) is 27.3. The van der Waals surface area contributed by atoms with Crippen molar-refractivity contribution in [1.82, 2.24) is 5.32 Å². The summed E-state index contributed by atoms with van der Waals surface area (Å²) < 4.78 is 11.3. The highest BCUT2D eigenvalue weighted by Gasteiger charge is 2.44. The zero-order chi connectivity index (χ0) is 48.7. The molecule has 7 unspecified atom stereocenters.